The minimum absolute atomic E-state index is 0.232. The first-order valence-corrected chi connectivity index (χ1v) is 6.09. The van der Waals surface area contributed by atoms with Crippen molar-refractivity contribution in [3.05, 3.63) is 33.9 Å². The fraction of sp³-hybridized carbons (Fsp3) is 0.500. The van der Waals surface area contributed by atoms with Gasteiger partial charge in [-0.05, 0) is 6.42 Å². The molecule has 5 nitrogen and oxygen atoms in total. The van der Waals surface area contributed by atoms with Gasteiger partial charge in [-0.2, -0.15) is 0 Å². The lowest BCUT2D eigenvalue weighted by Gasteiger charge is -2.18. The predicted octanol–water partition coefficient (Wildman–Crippen LogP) is 2.80. The molecule has 1 unspecified atom stereocenters. The Morgan fingerprint density at radius 2 is 2.00 bits per heavy atom. The quantitative estimate of drug-likeness (QED) is 0.591. The van der Waals surface area contributed by atoms with Crippen LogP contribution in [0, 0.1) is 21.7 Å². The van der Waals surface area contributed by atoms with Crippen LogP contribution in [0.25, 0.3) is 0 Å². The summed E-state index contributed by atoms with van der Waals surface area (Å²) in [4.78, 5) is 9.63. The molecule has 1 rings (SSSR count). The number of nitrogens with zero attached hydrogens (tertiary/aromatic N) is 1. The summed E-state index contributed by atoms with van der Waals surface area (Å²) in [6.07, 6.45) is 2.51. The highest BCUT2D eigenvalue weighted by atomic mass is 19.1. The van der Waals surface area contributed by atoms with E-state index in [0.717, 1.165) is 12.8 Å². The molecule has 0 aromatic heterocycles. The maximum atomic E-state index is 13.6. The van der Waals surface area contributed by atoms with Crippen LogP contribution >= 0.6 is 0 Å². The molecule has 0 heterocycles. The van der Waals surface area contributed by atoms with E-state index in [2.05, 4.69) is 5.32 Å². The Labute approximate surface area is 109 Å². The van der Waals surface area contributed by atoms with Crippen LogP contribution in [-0.4, -0.2) is 17.5 Å². The SMILES string of the molecule is CCCCC(CN)Nc1c(F)cc([N+](=O)[O-])cc1F. The zero-order valence-electron chi connectivity index (χ0n) is 10.7. The van der Waals surface area contributed by atoms with Crippen LogP contribution in [0.2, 0.25) is 0 Å². The van der Waals surface area contributed by atoms with Crippen LogP contribution in [0.3, 0.4) is 0 Å². The maximum absolute atomic E-state index is 13.6. The molecule has 0 bridgehead atoms. The van der Waals surface area contributed by atoms with E-state index in [1.807, 2.05) is 6.92 Å². The number of non-ortho nitro benzene ring substituents is 1. The first-order valence-electron chi connectivity index (χ1n) is 6.09. The molecule has 0 saturated carbocycles. The third kappa shape index (κ3) is 4.13. The molecular formula is C12H17F2N3O2. The number of nitro benzene ring substituents is 1. The van der Waals surface area contributed by atoms with Crippen LogP contribution in [-0.2, 0) is 0 Å². The lowest BCUT2D eigenvalue weighted by Crippen LogP contribution is -2.29. The largest absolute Gasteiger partial charge is 0.376 e. The normalized spacial score (nSPS) is 12.2. The summed E-state index contributed by atoms with van der Waals surface area (Å²) in [5, 5.41) is 13.1. The Kier molecular flexibility index (Phi) is 5.62. The van der Waals surface area contributed by atoms with Crippen LogP contribution in [0.15, 0.2) is 12.1 Å². The van der Waals surface area contributed by atoms with Crippen LogP contribution in [0.4, 0.5) is 20.2 Å². The second-order valence-electron chi connectivity index (χ2n) is 4.26. The number of nitro groups is 1. The number of rotatable bonds is 7. The van der Waals surface area contributed by atoms with Gasteiger partial charge in [0.25, 0.3) is 5.69 Å². The van der Waals surface area contributed by atoms with Gasteiger partial charge in [0.05, 0.1) is 17.1 Å². The smallest absolute Gasteiger partial charge is 0.275 e. The van der Waals surface area contributed by atoms with Gasteiger partial charge in [-0.1, -0.05) is 19.8 Å². The predicted molar refractivity (Wildman–Crippen MR) is 69.0 cm³/mol. The second-order valence-corrected chi connectivity index (χ2v) is 4.26. The van der Waals surface area contributed by atoms with Crippen molar-refractivity contribution in [2.24, 2.45) is 5.73 Å². The summed E-state index contributed by atoms with van der Waals surface area (Å²) in [5.74, 6) is -1.97. The Hall–Kier alpha value is -1.76. The standard InChI is InChI=1S/C12H17F2N3O2/c1-2-3-4-8(7-15)16-12-10(13)5-9(17(18)19)6-11(12)14/h5-6,8,16H,2-4,7,15H2,1H3. The van der Waals surface area contributed by atoms with Crippen molar-refractivity contribution in [1.82, 2.24) is 0 Å². The number of benzene rings is 1. The van der Waals surface area contributed by atoms with E-state index < -0.39 is 22.2 Å². The van der Waals surface area contributed by atoms with E-state index in [-0.39, 0.29) is 18.3 Å². The molecule has 0 spiro atoms. The van der Waals surface area contributed by atoms with E-state index in [1.54, 1.807) is 0 Å². The van der Waals surface area contributed by atoms with Gasteiger partial charge in [0.2, 0.25) is 0 Å². The fourth-order valence-electron chi connectivity index (χ4n) is 1.71. The fourth-order valence-corrected chi connectivity index (χ4v) is 1.71. The van der Waals surface area contributed by atoms with Crippen molar-refractivity contribution in [2.45, 2.75) is 32.2 Å². The van der Waals surface area contributed by atoms with Crippen molar-refractivity contribution in [1.29, 1.82) is 0 Å². The molecule has 0 saturated heterocycles. The molecule has 106 valence electrons. The molecule has 0 aliphatic rings. The second kappa shape index (κ2) is 6.98. The highest BCUT2D eigenvalue weighted by Gasteiger charge is 2.19. The third-order valence-electron chi connectivity index (χ3n) is 2.78. The highest BCUT2D eigenvalue weighted by molar-refractivity contribution is 5.52. The first kappa shape index (κ1) is 15.3. The van der Waals surface area contributed by atoms with Crippen molar-refractivity contribution in [3.8, 4) is 0 Å². The maximum Gasteiger partial charge on any atom is 0.275 e. The zero-order chi connectivity index (χ0) is 14.4. The van der Waals surface area contributed by atoms with Crippen molar-refractivity contribution < 1.29 is 13.7 Å². The van der Waals surface area contributed by atoms with Crippen molar-refractivity contribution in [2.75, 3.05) is 11.9 Å². The number of unbranched alkanes of at least 4 members (excludes halogenated alkanes) is 1. The number of hydrogen-bond donors (Lipinski definition) is 2. The molecule has 19 heavy (non-hydrogen) atoms. The average molecular weight is 273 g/mol. The summed E-state index contributed by atoms with van der Waals surface area (Å²) >= 11 is 0. The Balaban J connectivity index is 2.91. The molecule has 0 fully saturated rings. The number of nitrogens with one attached hydrogen (secondary N) is 1. The molecule has 0 aliphatic carbocycles. The average Bonchev–Trinajstić information content (AvgIpc) is 2.37. The summed E-state index contributed by atoms with van der Waals surface area (Å²) in [6.45, 7) is 2.23. The van der Waals surface area contributed by atoms with Crippen LogP contribution < -0.4 is 11.1 Å². The topological polar surface area (TPSA) is 81.2 Å². The Morgan fingerprint density at radius 3 is 2.42 bits per heavy atom. The van der Waals surface area contributed by atoms with E-state index in [9.17, 15) is 18.9 Å². The van der Waals surface area contributed by atoms with Gasteiger partial charge in [0.1, 0.15) is 5.69 Å². The highest BCUT2D eigenvalue weighted by Crippen LogP contribution is 2.25. The molecule has 1 aromatic rings. The summed E-state index contributed by atoms with van der Waals surface area (Å²) in [6, 6.07) is 1.13. The number of nitrogens with two attached hydrogens (primary N) is 1. The molecule has 1 atom stereocenters. The number of anilines is 1. The Bertz CT molecular complexity index is 432. The van der Waals surface area contributed by atoms with Crippen molar-refractivity contribution in [3.63, 3.8) is 0 Å². The van der Waals surface area contributed by atoms with E-state index in [1.165, 1.54) is 0 Å². The van der Waals surface area contributed by atoms with Gasteiger partial charge in [-0.15, -0.1) is 0 Å². The summed E-state index contributed by atoms with van der Waals surface area (Å²) < 4.78 is 27.3. The van der Waals surface area contributed by atoms with Gasteiger partial charge in [0.15, 0.2) is 11.6 Å². The Morgan fingerprint density at radius 1 is 1.42 bits per heavy atom. The number of hydrogen-bond acceptors (Lipinski definition) is 4. The molecule has 0 aliphatic heterocycles. The molecule has 0 radical (unpaired) electrons. The van der Waals surface area contributed by atoms with Crippen LogP contribution in [0.1, 0.15) is 26.2 Å². The summed E-state index contributed by atoms with van der Waals surface area (Å²) in [7, 11) is 0. The van der Waals surface area contributed by atoms with Gasteiger partial charge in [0, 0.05) is 12.6 Å². The minimum Gasteiger partial charge on any atom is -0.376 e. The van der Waals surface area contributed by atoms with E-state index in [0.29, 0.717) is 18.6 Å². The van der Waals surface area contributed by atoms with Gasteiger partial charge in [-0.25, -0.2) is 8.78 Å². The van der Waals surface area contributed by atoms with Crippen molar-refractivity contribution >= 4 is 11.4 Å². The first-order chi connectivity index (χ1) is 8.99. The van der Waals surface area contributed by atoms with Gasteiger partial charge in [-0.3, -0.25) is 10.1 Å². The molecule has 0 amide bonds. The lowest BCUT2D eigenvalue weighted by atomic mass is 10.1. The third-order valence-corrected chi connectivity index (χ3v) is 2.78. The molecule has 1 aromatic carbocycles. The van der Waals surface area contributed by atoms with E-state index in [4.69, 9.17) is 5.73 Å². The zero-order valence-corrected chi connectivity index (χ0v) is 10.7. The number of halogens is 2. The van der Waals surface area contributed by atoms with Gasteiger partial charge >= 0.3 is 0 Å². The lowest BCUT2D eigenvalue weighted by molar-refractivity contribution is -0.385. The summed E-state index contributed by atoms with van der Waals surface area (Å²) in [5.41, 5.74) is 4.55. The van der Waals surface area contributed by atoms with E-state index >= 15 is 0 Å². The molecular weight excluding hydrogens is 256 g/mol. The monoisotopic (exact) mass is 273 g/mol. The van der Waals surface area contributed by atoms with Crippen LogP contribution in [0.5, 0.6) is 0 Å². The van der Waals surface area contributed by atoms with Gasteiger partial charge < -0.3 is 11.1 Å². The molecule has 7 heteroatoms. The minimum atomic E-state index is -0.985. The molecule has 3 N–H and O–H groups in total.